The summed E-state index contributed by atoms with van der Waals surface area (Å²) >= 11 is 0. The normalized spacial score (nSPS) is 16.2. The van der Waals surface area contributed by atoms with E-state index in [9.17, 15) is 9.90 Å². The minimum atomic E-state index is -0.794. The zero-order chi connectivity index (χ0) is 31.1. The summed E-state index contributed by atoms with van der Waals surface area (Å²) in [6.07, 6.45) is 5.39. The van der Waals surface area contributed by atoms with Crippen LogP contribution in [0, 0.1) is 6.92 Å². The number of carboxylic acids is 1. The van der Waals surface area contributed by atoms with Gasteiger partial charge in [-0.2, -0.15) is 0 Å². The highest BCUT2D eigenvalue weighted by atomic mass is 16.6. The number of carbonyl (C=O) groups is 1. The van der Waals surface area contributed by atoms with Gasteiger partial charge in [-0.05, 0) is 90.5 Å². The molecule has 1 N–H and O–H groups in total. The van der Waals surface area contributed by atoms with Crippen molar-refractivity contribution in [1.29, 1.82) is 0 Å². The van der Waals surface area contributed by atoms with Crippen LogP contribution in [0.15, 0.2) is 73.1 Å². The molecule has 5 aromatic rings. The fourth-order valence-corrected chi connectivity index (χ4v) is 6.62. The van der Waals surface area contributed by atoms with Gasteiger partial charge in [-0.1, -0.05) is 24.3 Å². The molecule has 1 fully saturated rings. The van der Waals surface area contributed by atoms with Gasteiger partial charge in [0.15, 0.2) is 11.5 Å². The Morgan fingerprint density at radius 3 is 2.36 bits per heavy atom. The highest BCUT2D eigenvalue weighted by Crippen LogP contribution is 2.40. The second-order valence-corrected chi connectivity index (χ2v) is 11.4. The van der Waals surface area contributed by atoms with Gasteiger partial charge in [-0.15, -0.1) is 0 Å². The monoisotopic (exact) mass is 605 g/mol. The Hall–Kier alpha value is -5.02. The minimum Gasteiger partial charge on any atom is -0.496 e. The largest absolute Gasteiger partial charge is 0.496 e. The third-order valence-electron chi connectivity index (χ3n) is 8.92. The number of fused-ring (bicyclic) bond motifs is 2. The molecule has 0 saturated carbocycles. The molecule has 1 saturated heterocycles. The van der Waals surface area contributed by atoms with Crippen molar-refractivity contribution in [2.24, 2.45) is 0 Å². The second kappa shape index (κ2) is 11.8. The van der Waals surface area contributed by atoms with Crippen molar-refractivity contribution in [3.05, 3.63) is 84.2 Å². The van der Waals surface area contributed by atoms with Crippen LogP contribution < -0.4 is 18.9 Å². The van der Waals surface area contributed by atoms with Crippen molar-refractivity contribution in [3.8, 4) is 56.5 Å². The van der Waals surface area contributed by atoms with E-state index < -0.39 is 12.0 Å². The van der Waals surface area contributed by atoms with Crippen LogP contribution in [0.2, 0.25) is 0 Å². The molecule has 9 nitrogen and oxygen atoms in total. The molecule has 2 aromatic heterocycles. The number of nitrogens with zero attached hydrogens (tertiary/aromatic N) is 3. The predicted molar refractivity (Wildman–Crippen MR) is 171 cm³/mol. The molecule has 0 bridgehead atoms. The third-order valence-corrected chi connectivity index (χ3v) is 8.92. The van der Waals surface area contributed by atoms with Crippen LogP contribution in [0.5, 0.6) is 23.0 Å². The first-order valence-corrected chi connectivity index (χ1v) is 15.1. The standard InChI is InChI=1S/C36H35N3O6/c1-22-26(23-9-10-31-34(16-23)45-15-14-44-31)6-4-7-27(22)24-11-13-39-30(20-37-35(39)19-24)25-17-32(42-2)28(33(18-25)43-3)21-38-12-5-8-29(38)36(40)41/h4,6-7,9-11,13,16-20,29H,5,8,12,14-15,21H2,1-3H3,(H,40,41)/t29-/m1/s1. The van der Waals surface area contributed by atoms with Crippen molar-refractivity contribution < 1.29 is 28.8 Å². The van der Waals surface area contributed by atoms with Crippen molar-refractivity contribution >= 4 is 11.6 Å². The maximum absolute atomic E-state index is 11.8. The van der Waals surface area contributed by atoms with E-state index in [1.54, 1.807) is 14.2 Å². The molecule has 4 heterocycles. The number of pyridine rings is 1. The van der Waals surface area contributed by atoms with Gasteiger partial charge >= 0.3 is 5.97 Å². The van der Waals surface area contributed by atoms with E-state index in [0.29, 0.717) is 37.7 Å². The molecule has 2 aliphatic rings. The van der Waals surface area contributed by atoms with Crippen LogP contribution in [0.25, 0.3) is 39.2 Å². The lowest BCUT2D eigenvalue weighted by atomic mass is 9.93. The molecular weight excluding hydrogens is 570 g/mol. The molecule has 7 rings (SSSR count). The summed E-state index contributed by atoms with van der Waals surface area (Å²) in [7, 11) is 3.26. The maximum atomic E-state index is 11.8. The molecule has 1 atom stereocenters. The summed E-state index contributed by atoms with van der Waals surface area (Å²) in [5, 5.41) is 9.67. The quantitative estimate of drug-likeness (QED) is 0.215. The Bertz CT molecular complexity index is 1890. The van der Waals surface area contributed by atoms with E-state index in [-0.39, 0.29) is 0 Å². The number of aromatic nitrogens is 2. The van der Waals surface area contributed by atoms with Gasteiger partial charge in [0, 0.05) is 18.3 Å². The Balaban J connectivity index is 1.22. The number of carboxylic acid groups (broad SMARTS) is 1. The van der Waals surface area contributed by atoms with Gasteiger partial charge < -0.3 is 24.1 Å². The zero-order valence-electron chi connectivity index (χ0n) is 25.6. The van der Waals surface area contributed by atoms with Crippen LogP contribution in [0.1, 0.15) is 24.0 Å². The maximum Gasteiger partial charge on any atom is 0.320 e. The van der Waals surface area contributed by atoms with E-state index >= 15 is 0 Å². The first kappa shape index (κ1) is 28.7. The van der Waals surface area contributed by atoms with Crippen LogP contribution >= 0.6 is 0 Å². The summed E-state index contributed by atoms with van der Waals surface area (Å²) in [6.45, 7) is 4.42. The van der Waals surface area contributed by atoms with Gasteiger partial charge in [-0.25, -0.2) is 4.98 Å². The van der Waals surface area contributed by atoms with Crippen LogP contribution in [0.4, 0.5) is 0 Å². The third kappa shape index (κ3) is 5.23. The van der Waals surface area contributed by atoms with Crippen LogP contribution in [-0.2, 0) is 11.3 Å². The van der Waals surface area contributed by atoms with E-state index in [1.807, 2.05) is 41.6 Å². The van der Waals surface area contributed by atoms with E-state index in [0.717, 1.165) is 69.2 Å². The molecule has 0 aliphatic carbocycles. The fourth-order valence-electron chi connectivity index (χ4n) is 6.62. The van der Waals surface area contributed by atoms with E-state index in [1.165, 1.54) is 5.56 Å². The van der Waals surface area contributed by atoms with Crippen molar-refractivity contribution in [3.63, 3.8) is 0 Å². The lowest BCUT2D eigenvalue weighted by Gasteiger charge is -2.24. The number of hydrogen-bond acceptors (Lipinski definition) is 7. The number of methoxy groups -OCH3 is 2. The molecule has 0 spiro atoms. The highest BCUT2D eigenvalue weighted by molar-refractivity contribution is 5.81. The van der Waals surface area contributed by atoms with Crippen molar-refractivity contribution in [2.75, 3.05) is 34.0 Å². The SMILES string of the molecule is COc1cc(-c2cnc3cc(-c4cccc(-c5ccc6c(c5)OCCO6)c4C)ccn23)cc(OC)c1CN1CCC[C@@H]1C(=O)O. The van der Waals surface area contributed by atoms with Gasteiger partial charge in [0.05, 0.1) is 31.7 Å². The Morgan fingerprint density at radius 1 is 0.933 bits per heavy atom. The summed E-state index contributed by atoms with van der Waals surface area (Å²) in [5.74, 6) is 2.06. The molecule has 0 unspecified atom stereocenters. The number of likely N-dealkylation sites (tertiary alicyclic amines) is 1. The molecule has 0 amide bonds. The van der Waals surface area contributed by atoms with Crippen molar-refractivity contribution in [2.45, 2.75) is 32.4 Å². The summed E-state index contributed by atoms with van der Waals surface area (Å²) in [4.78, 5) is 18.5. The van der Waals surface area contributed by atoms with Crippen molar-refractivity contribution in [1.82, 2.24) is 14.3 Å². The lowest BCUT2D eigenvalue weighted by molar-refractivity contribution is -0.142. The van der Waals surface area contributed by atoms with Gasteiger partial charge in [0.2, 0.25) is 0 Å². The highest BCUT2D eigenvalue weighted by Gasteiger charge is 2.32. The number of hydrogen-bond donors (Lipinski definition) is 1. The van der Waals surface area contributed by atoms with Gasteiger partial charge in [-0.3, -0.25) is 14.1 Å². The molecule has 45 heavy (non-hydrogen) atoms. The fraction of sp³-hybridized carbons (Fsp3) is 0.278. The number of aliphatic carboxylic acids is 1. The lowest BCUT2D eigenvalue weighted by Crippen LogP contribution is -2.35. The molecular formula is C36H35N3O6. The summed E-state index contributed by atoms with van der Waals surface area (Å²) < 4.78 is 25.2. The van der Waals surface area contributed by atoms with Gasteiger partial charge in [0.1, 0.15) is 36.4 Å². The van der Waals surface area contributed by atoms with Crippen LogP contribution in [0.3, 0.4) is 0 Å². The Labute approximate surface area is 261 Å². The average Bonchev–Trinajstić information content (AvgIpc) is 3.72. The Kier molecular flexibility index (Phi) is 7.55. The first-order chi connectivity index (χ1) is 21.9. The second-order valence-electron chi connectivity index (χ2n) is 11.4. The molecule has 230 valence electrons. The number of imidazole rings is 1. The molecule has 9 heteroatoms. The minimum absolute atomic E-state index is 0.435. The van der Waals surface area contributed by atoms with E-state index in [4.69, 9.17) is 23.9 Å². The summed E-state index contributed by atoms with van der Waals surface area (Å²) in [5.41, 5.74) is 9.01. The molecule has 3 aromatic carbocycles. The molecule has 0 radical (unpaired) electrons. The smallest absolute Gasteiger partial charge is 0.320 e. The topological polar surface area (TPSA) is 94.8 Å². The van der Waals surface area contributed by atoms with E-state index in [2.05, 4.69) is 47.7 Å². The predicted octanol–water partition coefficient (Wildman–Crippen LogP) is 6.48. The first-order valence-electron chi connectivity index (χ1n) is 15.1. The van der Waals surface area contributed by atoms with Crippen LogP contribution in [-0.4, -0.2) is 65.4 Å². The Morgan fingerprint density at radius 2 is 1.64 bits per heavy atom. The average molecular weight is 606 g/mol. The summed E-state index contributed by atoms with van der Waals surface area (Å²) in [6, 6.07) is 20.1. The number of rotatable bonds is 8. The number of benzene rings is 3. The van der Waals surface area contributed by atoms with Gasteiger partial charge in [0.25, 0.3) is 0 Å². The zero-order valence-corrected chi connectivity index (χ0v) is 25.6. The number of ether oxygens (including phenoxy) is 4. The molecule has 2 aliphatic heterocycles.